The highest BCUT2D eigenvalue weighted by molar-refractivity contribution is 6.35. The molecule has 0 fully saturated rings. The van der Waals surface area contributed by atoms with Crippen molar-refractivity contribution in [1.29, 1.82) is 0 Å². The van der Waals surface area contributed by atoms with Gasteiger partial charge in [-0.05, 0) is 37.0 Å². The Morgan fingerprint density at radius 3 is 3.08 bits per heavy atom. The van der Waals surface area contributed by atoms with Crippen LogP contribution in [0, 0.1) is 0 Å². The van der Waals surface area contributed by atoms with Gasteiger partial charge < -0.3 is 10.6 Å². The summed E-state index contributed by atoms with van der Waals surface area (Å²) in [5.74, 6) is 1.87. The van der Waals surface area contributed by atoms with Crippen LogP contribution in [0.1, 0.15) is 24.2 Å². The normalized spacial score (nSPS) is 17.2. The number of nitrogens with one attached hydrogen (secondary N) is 2. The highest BCUT2D eigenvalue weighted by atomic mass is 35.5. The summed E-state index contributed by atoms with van der Waals surface area (Å²) < 4.78 is 1.96. The Labute approximate surface area is 157 Å². The van der Waals surface area contributed by atoms with E-state index in [1.54, 1.807) is 19.4 Å². The number of rotatable bonds is 5. The van der Waals surface area contributed by atoms with Crippen LogP contribution < -0.4 is 10.6 Å². The molecule has 0 aliphatic carbocycles. The van der Waals surface area contributed by atoms with Crippen LogP contribution in [0.5, 0.6) is 0 Å². The molecule has 0 spiro atoms. The van der Waals surface area contributed by atoms with Crippen LogP contribution in [0.25, 0.3) is 0 Å². The number of hydrogen-bond acceptors (Lipinski definition) is 3. The van der Waals surface area contributed by atoms with Gasteiger partial charge >= 0.3 is 0 Å². The summed E-state index contributed by atoms with van der Waals surface area (Å²) in [6, 6.07) is 5.95. The molecule has 0 bridgehead atoms. The first-order chi connectivity index (χ1) is 12.2. The van der Waals surface area contributed by atoms with Gasteiger partial charge in [0.1, 0.15) is 12.2 Å². The Morgan fingerprint density at radius 2 is 2.28 bits per heavy atom. The maximum atomic E-state index is 6.20. The Bertz CT molecular complexity index is 742. The van der Waals surface area contributed by atoms with E-state index in [2.05, 4.69) is 25.7 Å². The van der Waals surface area contributed by atoms with Crippen LogP contribution in [0.3, 0.4) is 0 Å². The quantitative estimate of drug-likeness (QED) is 0.475. The summed E-state index contributed by atoms with van der Waals surface area (Å²) in [7, 11) is 1.79. The average Bonchev–Trinajstić information content (AvgIpc) is 3.06. The molecule has 0 radical (unpaired) electrons. The summed E-state index contributed by atoms with van der Waals surface area (Å²) in [6.45, 7) is 1.64. The van der Waals surface area contributed by atoms with Crippen molar-refractivity contribution in [3.05, 3.63) is 46.0 Å². The van der Waals surface area contributed by atoms with Gasteiger partial charge in [0, 0.05) is 36.1 Å². The minimum absolute atomic E-state index is 0.311. The second-order valence-electron chi connectivity index (χ2n) is 6.08. The first-order valence-corrected chi connectivity index (χ1v) is 9.19. The average molecular weight is 381 g/mol. The molecule has 2 N–H and O–H groups in total. The Balaban J connectivity index is 1.42. The van der Waals surface area contributed by atoms with Crippen LogP contribution in [-0.2, 0) is 19.4 Å². The van der Waals surface area contributed by atoms with Gasteiger partial charge in [0.05, 0.1) is 6.54 Å². The molecule has 1 aliphatic heterocycles. The van der Waals surface area contributed by atoms with E-state index in [-0.39, 0.29) is 0 Å². The molecule has 1 atom stereocenters. The second-order valence-corrected chi connectivity index (χ2v) is 6.92. The van der Waals surface area contributed by atoms with Gasteiger partial charge in [-0.3, -0.25) is 4.99 Å². The summed E-state index contributed by atoms with van der Waals surface area (Å²) in [5.41, 5.74) is 1.11. The largest absolute Gasteiger partial charge is 0.356 e. The van der Waals surface area contributed by atoms with Gasteiger partial charge in [-0.2, -0.15) is 5.10 Å². The lowest BCUT2D eigenvalue weighted by Crippen LogP contribution is -2.47. The van der Waals surface area contributed by atoms with Crippen molar-refractivity contribution in [2.24, 2.45) is 4.99 Å². The molecule has 2 heterocycles. The van der Waals surface area contributed by atoms with Crippen molar-refractivity contribution >= 4 is 29.2 Å². The minimum Gasteiger partial charge on any atom is -0.356 e. The molecule has 0 saturated heterocycles. The van der Waals surface area contributed by atoms with E-state index in [9.17, 15) is 0 Å². The van der Waals surface area contributed by atoms with Gasteiger partial charge in [0.25, 0.3) is 0 Å². The molecule has 134 valence electrons. The number of aromatic nitrogens is 3. The third-order valence-electron chi connectivity index (χ3n) is 4.30. The fourth-order valence-corrected chi connectivity index (χ4v) is 3.46. The topological polar surface area (TPSA) is 67.1 Å². The second kappa shape index (κ2) is 8.54. The predicted molar refractivity (Wildman–Crippen MR) is 101 cm³/mol. The van der Waals surface area contributed by atoms with Crippen LogP contribution in [0.15, 0.2) is 29.5 Å². The van der Waals surface area contributed by atoms with Crippen LogP contribution in [0.4, 0.5) is 0 Å². The lowest BCUT2D eigenvalue weighted by atomic mass is 10.1. The van der Waals surface area contributed by atoms with Crippen molar-refractivity contribution in [3.8, 4) is 0 Å². The molecule has 1 aliphatic rings. The number of halogens is 2. The molecular weight excluding hydrogens is 359 g/mol. The molecule has 8 heteroatoms. The van der Waals surface area contributed by atoms with Gasteiger partial charge in [-0.25, -0.2) is 9.67 Å². The van der Waals surface area contributed by atoms with E-state index in [1.807, 2.05) is 16.8 Å². The van der Waals surface area contributed by atoms with Crippen molar-refractivity contribution in [3.63, 3.8) is 0 Å². The van der Waals surface area contributed by atoms with Crippen LogP contribution in [0.2, 0.25) is 10.0 Å². The third-order valence-corrected chi connectivity index (χ3v) is 4.89. The first kappa shape index (κ1) is 18.0. The number of aliphatic imine (C=N–C) groups is 1. The summed E-state index contributed by atoms with van der Waals surface area (Å²) in [6.07, 6.45) is 5.43. The third kappa shape index (κ3) is 4.86. The molecule has 0 amide bonds. The smallest absolute Gasteiger partial charge is 0.191 e. The van der Waals surface area contributed by atoms with Gasteiger partial charge in [-0.1, -0.05) is 29.3 Å². The Morgan fingerprint density at radius 1 is 1.40 bits per heavy atom. The Hall–Kier alpha value is -1.79. The van der Waals surface area contributed by atoms with Crippen molar-refractivity contribution in [2.75, 3.05) is 13.6 Å². The number of hydrogen-bond donors (Lipinski definition) is 2. The number of benzene rings is 1. The SMILES string of the molecule is CN=C(NCCCc1ccc(Cl)cc1Cl)NC1CCc2ncnn2C1. The lowest BCUT2D eigenvalue weighted by Gasteiger charge is -2.25. The number of nitrogens with zero attached hydrogens (tertiary/aromatic N) is 4. The zero-order valence-corrected chi connectivity index (χ0v) is 15.7. The van der Waals surface area contributed by atoms with E-state index in [0.29, 0.717) is 11.1 Å². The minimum atomic E-state index is 0.311. The number of guanidine groups is 1. The molecule has 3 rings (SSSR count). The molecular formula is C17H22Cl2N6. The maximum absolute atomic E-state index is 6.20. The molecule has 2 aromatic rings. The molecule has 1 unspecified atom stereocenters. The molecule has 1 aromatic heterocycles. The lowest BCUT2D eigenvalue weighted by molar-refractivity contribution is 0.392. The van der Waals surface area contributed by atoms with E-state index < -0.39 is 0 Å². The molecule has 25 heavy (non-hydrogen) atoms. The fraction of sp³-hybridized carbons (Fsp3) is 0.471. The standard InChI is InChI=1S/C17H22Cl2N6/c1-20-17(24-14-6-7-16-22-11-23-25(16)10-14)21-8-2-3-12-4-5-13(18)9-15(12)19/h4-5,9,11,14H,2-3,6-8,10H2,1H3,(H2,20,21,24). The monoisotopic (exact) mass is 380 g/mol. The predicted octanol–water partition coefficient (Wildman–Crippen LogP) is 2.70. The summed E-state index contributed by atoms with van der Waals surface area (Å²) >= 11 is 12.1. The zero-order chi connectivity index (χ0) is 17.6. The van der Waals surface area contributed by atoms with Gasteiger partial charge in [0.15, 0.2) is 5.96 Å². The van der Waals surface area contributed by atoms with Crippen molar-refractivity contribution in [1.82, 2.24) is 25.4 Å². The summed E-state index contributed by atoms with van der Waals surface area (Å²) in [5, 5.41) is 12.5. The summed E-state index contributed by atoms with van der Waals surface area (Å²) in [4.78, 5) is 8.56. The van der Waals surface area contributed by atoms with Gasteiger partial charge in [-0.15, -0.1) is 0 Å². The zero-order valence-electron chi connectivity index (χ0n) is 14.2. The fourth-order valence-electron chi connectivity index (χ4n) is 2.95. The van der Waals surface area contributed by atoms with Crippen LogP contribution >= 0.6 is 23.2 Å². The number of fused-ring (bicyclic) bond motifs is 1. The van der Waals surface area contributed by atoms with E-state index in [0.717, 1.165) is 61.1 Å². The van der Waals surface area contributed by atoms with Crippen LogP contribution in [-0.4, -0.2) is 40.4 Å². The van der Waals surface area contributed by atoms with Crippen molar-refractivity contribution in [2.45, 2.75) is 38.3 Å². The van der Waals surface area contributed by atoms with Gasteiger partial charge in [0.2, 0.25) is 0 Å². The van der Waals surface area contributed by atoms with E-state index >= 15 is 0 Å². The highest BCUT2D eigenvalue weighted by Gasteiger charge is 2.20. The van der Waals surface area contributed by atoms with E-state index in [1.165, 1.54) is 0 Å². The molecule has 0 saturated carbocycles. The number of aryl methyl sites for hydroxylation is 2. The molecule has 6 nitrogen and oxygen atoms in total. The molecule has 1 aromatic carbocycles. The van der Waals surface area contributed by atoms with E-state index in [4.69, 9.17) is 23.2 Å². The van der Waals surface area contributed by atoms with Crippen molar-refractivity contribution < 1.29 is 0 Å². The first-order valence-electron chi connectivity index (χ1n) is 8.43. The Kier molecular flexibility index (Phi) is 6.15. The maximum Gasteiger partial charge on any atom is 0.191 e. The highest BCUT2D eigenvalue weighted by Crippen LogP contribution is 2.21.